The number of hydrogen-bond acceptors (Lipinski definition) is 6. The van der Waals surface area contributed by atoms with E-state index >= 15 is 0 Å². The molecule has 0 bridgehead atoms. The molecule has 0 aliphatic rings. The number of aryl methyl sites for hydroxylation is 2. The number of aromatic nitrogens is 2. The fraction of sp³-hybridized carbons (Fsp3) is 0.250. The minimum Gasteiger partial charge on any atom is -0.496 e. The van der Waals surface area contributed by atoms with E-state index in [9.17, 15) is 4.79 Å². The Balaban J connectivity index is 1.76. The fourth-order valence-corrected chi connectivity index (χ4v) is 3.28. The Morgan fingerprint density at radius 3 is 2.62 bits per heavy atom. The van der Waals surface area contributed by atoms with E-state index in [0.717, 1.165) is 11.1 Å². The first-order valence-electron chi connectivity index (χ1n) is 8.24. The Bertz CT molecular complexity index is 936. The van der Waals surface area contributed by atoms with Crippen LogP contribution in [0.15, 0.2) is 52.1 Å². The van der Waals surface area contributed by atoms with Gasteiger partial charge in [-0.2, -0.15) is 0 Å². The highest BCUT2D eigenvalue weighted by Crippen LogP contribution is 2.32. The molecular formula is C20H20N2O3S. The molecule has 0 aliphatic carbocycles. The second kappa shape index (κ2) is 7.74. The van der Waals surface area contributed by atoms with Crippen LogP contribution in [-0.4, -0.2) is 28.3 Å². The molecule has 0 fully saturated rings. The van der Waals surface area contributed by atoms with E-state index < -0.39 is 0 Å². The highest BCUT2D eigenvalue weighted by atomic mass is 32.2. The Labute approximate surface area is 156 Å². The number of carbonyl (C=O) groups is 1. The molecule has 1 atom stereocenters. The lowest BCUT2D eigenvalue weighted by Gasteiger charge is -2.09. The lowest BCUT2D eigenvalue weighted by molar-refractivity contribution is 0.0993. The number of benzene rings is 2. The molecule has 3 rings (SSSR count). The third kappa shape index (κ3) is 3.80. The number of methoxy groups -OCH3 is 1. The van der Waals surface area contributed by atoms with E-state index in [4.69, 9.17) is 9.15 Å². The molecule has 1 aromatic heterocycles. The van der Waals surface area contributed by atoms with Gasteiger partial charge in [-0.1, -0.05) is 36.0 Å². The summed E-state index contributed by atoms with van der Waals surface area (Å²) in [6.45, 7) is 5.87. The second-order valence-electron chi connectivity index (χ2n) is 6.00. The monoisotopic (exact) mass is 368 g/mol. The average Bonchev–Trinajstić information content (AvgIpc) is 3.11. The lowest BCUT2D eigenvalue weighted by Crippen LogP contribution is -2.13. The van der Waals surface area contributed by atoms with Gasteiger partial charge in [-0.05, 0) is 50.1 Å². The number of para-hydroxylation sites is 1. The lowest BCUT2D eigenvalue weighted by atomic mass is 10.0. The van der Waals surface area contributed by atoms with E-state index in [1.165, 1.54) is 17.3 Å². The van der Waals surface area contributed by atoms with Crippen molar-refractivity contribution in [3.8, 4) is 17.2 Å². The molecule has 0 aliphatic heterocycles. The summed E-state index contributed by atoms with van der Waals surface area (Å²) >= 11 is 1.25. The fourth-order valence-electron chi connectivity index (χ4n) is 2.52. The maximum absolute atomic E-state index is 12.7. The molecule has 0 saturated carbocycles. The van der Waals surface area contributed by atoms with E-state index in [2.05, 4.69) is 10.2 Å². The number of carbonyl (C=O) groups excluding carboxylic acids is 1. The van der Waals surface area contributed by atoms with Crippen LogP contribution in [0.4, 0.5) is 0 Å². The van der Waals surface area contributed by atoms with Crippen molar-refractivity contribution in [1.29, 1.82) is 0 Å². The number of ketones is 1. The Morgan fingerprint density at radius 1 is 1.12 bits per heavy atom. The number of ether oxygens (including phenoxy) is 1. The largest absolute Gasteiger partial charge is 0.496 e. The molecule has 1 heterocycles. The van der Waals surface area contributed by atoms with Gasteiger partial charge in [-0.3, -0.25) is 4.79 Å². The molecule has 134 valence electrons. The summed E-state index contributed by atoms with van der Waals surface area (Å²) in [4.78, 5) is 12.7. The summed E-state index contributed by atoms with van der Waals surface area (Å²) in [6, 6.07) is 13.2. The zero-order valence-electron chi connectivity index (χ0n) is 15.1. The van der Waals surface area contributed by atoms with Crippen LogP contribution in [0.3, 0.4) is 0 Å². The number of thioether (sulfide) groups is 1. The van der Waals surface area contributed by atoms with E-state index in [1.807, 2.05) is 63.2 Å². The van der Waals surface area contributed by atoms with Crippen LogP contribution in [0.2, 0.25) is 0 Å². The summed E-state index contributed by atoms with van der Waals surface area (Å²) in [5.74, 6) is 1.07. The first-order valence-corrected chi connectivity index (χ1v) is 9.12. The zero-order chi connectivity index (χ0) is 18.7. The third-order valence-electron chi connectivity index (χ3n) is 4.18. The van der Waals surface area contributed by atoms with Crippen LogP contribution in [-0.2, 0) is 0 Å². The predicted octanol–water partition coefficient (Wildman–Crippen LogP) is 4.73. The predicted molar refractivity (Wildman–Crippen MR) is 102 cm³/mol. The molecule has 2 aromatic carbocycles. The Kier molecular flexibility index (Phi) is 5.42. The molecule has 26 heavy (non-hydrogen) atoms. The van der Waals surface area contributed by atoms with E-state index in [0.29, 0.717) is 22.4 Å². The average molecular weight is 368 g/mol. The van der Waals surface area contributed by atoms with Crippen molar-refractivity contribution >= 4 is 17.5 Å². The molecule has 6 heteroatoms. The van der Waals surface area contributed by atoms with Crippen molar-refractivity contribution < 1.29 is 13.9 Å². The van der Waals surface area contributed by atoms with Crippen molar-refractivity contribution in [2.24, 2.45) is 0 Å². The summed E-state index contributed by atoms with van der Waals surface area (Å²) in [6.07, 6.45) is 0. The van der Waals surface area contributed by atoms with E-state index in [-0.39, 0.29) is 11.0 Å². The van der Waals surface area contributed by atoms with Gasteiger partial charge in [0.2, 0.25) is 0 Å². The number of Topliss-reactive ketones (excluding diaryl/α,β-unsaturated/α-hetero) is 1. The number of rotatable bonds is 6. The molecule has 0 radical (unpaired) electrons. The molecule has 3 aromatic rings. The third-order valence-corrected chi connectivity index (χ3v) is 5.12. The minimum absolute atomic E-state index is 0.0372. The normalized spacial score (nSPS) is 12.0. The first kappa shape index (κ1) is 18.2. The van der Waals surface area contributed by atoms with Crippen molar-refractivity contribution in [1.82, 2.24) is 10.2 Å². The van der Waals surface area contributed by atoms with Gasteiger partial charge in [-0.15, -0.1) is 10.2 Å². The van der Waals surface area contributed by atoms with Gasteiger partial charge in [0, 0.05) is 5.56 Å². The van der Waals surface area contributed by atoms with Gasteiger partial charge in [0.15, 0.2) is 5.78 Å². The minimum atomic E-state index is -0.330. The van der Waals surface area contributed by atoms with Crippen LogP contribution in [0.5, 0.6) is 5.75 Å². The summed E-state index contributed by atoms with van der Waals surface area (Å²) in [5, 5.41) is 8.16. The standard InChI is InChI=1S/C20H20N2O3S/c1-12-9-10-15(11-13(12)2)18(23)14(3)26-20-22-21-19(25-20)16-7-5-6-8-17(16)24-4/h5-11,14H,1-4H3/t14-/m1/s1. The van der Waals surface area contributed by atoms with Gasteiger partial charge in [0.1, 0.15) is 5.75 Å². The highest BCUT2D eigenvalue weighted by molar-refractivity contribution is 8.00. The Hall–Kier alpha value is -2.60. The van der Waals surface area contributed by atoms with Crippen LogP contribution >= 0.6 is 11.8 Å². The maximum atomic E-state index is 12.7. The number of nitrogens with zero attached hydrogens (tertiary/aromatic N) is 2. The van der Waals surface area contributed by atoms with Crippen molar-refractivity contribution in [2.75, 3.05) is 7.11 Å². The van der Waals surface area contributed by atoms with E-state index in [1.54, 1.807) is 7.11 Å². The molecule has 0 N–H and O–H groups in total. The van der Waals surface area contributed by atoms with Crippen LogP contribution in [0.1, 0.15) is 28.4 Å². The van der Waals surface area contributed by atoms with Crippen LogP contribution < -0.4 is 4.74 Å². The Morgan fingerprint density at radius 2 is 1.88 bits per heavy atom. The van der Waals surface area contributed by atoms with Gasteiger partial charge < -0.3 is 9.15 Å². The quantitative estimate of drug-likeness (QED) is 0.463. The van der Waals surface area contributed by atoms with Crippen LogP contribution in [0.25, 0.3) is 11.5 Å². The topological polar surface area (TPSA) is 65.2 Å². The van der Waals surface area contributed by atoms with Crippen molar-refractivity contribution in [3.05, 3.63) is 59.2 Å². The summed E-state index contributed by atoms with van der Waals surface area (Å²) in [7, 11) is 1.59. The first-order chi connectivity index (χ1) is 12.5. The molecule has 0 unspecified atom stereocenters. The molecular weight excluding hydrogens is 348 g/mol. The maximum Gasteiger partial charge on any atom is 0.277 e. The van der Waals surface area contributed by atoms with Crippen molar-refractivity contribution in [2.45, 2.75) is 31.2 Å². The zero-order valence-corrected chi connectivity index (χ0v) is 16.0. The molecule has 5 nitrogen and oxygen atoms in total. The smallest absolute Gasteiger partial charge is 0.277 e. The second-order valence-corrected chi connectivity index (χ2v) is 7.29. The SMILES string of the molecule is COc1ccccc1-c1nnc(S[C@H](C)C(=O)c2ccc(C)c(C)c2)o1. The number of hydrogen-bond donors (Lipinski definition) is 0. The van der Waals surface area contributed by atoms with Gasteiger partial charge >= 0.3 is 0 Å². The van der Waals surface area contributed by atoms with Gasteiger partial charge in [0.25, 0.3) is 11.1 Å². The summed E-state index contributed by atoms with van der Waals surface area (Å²) in [5.41, 5.74) is 3.68. The molecule has 0 saturated heterocycles. The molecule has 0 amide bonds. The van der Waals surface area contributed by atoms with Gasteiger partial charge in [0.05, 0.1) is 17.9 Å². The van der Waals surface area contributed by atoms with Crippen LogP contribution in [0, 0.1) is 13.8 Å². The highest BCUT2D eigenvalue weighted by Gasteiger charge is 2.21. The molecule has 0 spiro atoms. The van der Waals surface area contributed by atoms with Gasteiger partial charge in [-0.25, -0.2) is 0 Å². The van der Waals surface area contributed by atoms with Crippen molar-refractivity contribution in [3.63, 3.8) is 0 Å². The summed E-state index contributed by atoms with van der Waals surface area (Å²) < 4.78 is 11.0.